The first-order valence-electron chi connectivity index (χ1n) is 7.05. The van der Waals surface area contributed by atoms with Crippen molar-refractivity contribution in [3.63, 3.8) is 0 Å². The van der Waals surface area contributed by atoms with Crippen LogP contribution in [0.25, 0.3) is 0 Å². The third kappa shape index (κ3) is 7.48. The molecule has 0 atom stereocenters. The molecule has 0 heterocycles. The van der Waals surface area contributed by atoms with Gasteiger partial charge >= 0.3 is 0 Å². The summed E-state index contributed by atoms with van der Waals surface area (Å²) >= 11 is 0. The van der Waals surface area contributed by atoms with E-state index in [1.807, 2.05) is 12.1 Å². The molecule has 1 amide bonds. The van der Waals surface area contributed by atoms with Gasteiger partial charge in [0.05, 0.1) is 19.3 Å². The van der Waals surface area contributed by atoms with Crippen molar-refractivity contribution in [1.82, 2.24) is 5.32 Å². The number of hydrogen-bond acceptors (Lipinski definition) is 3. The predicted molar refractivity (Wildman–Crippen MR) is 101 cm³/mol. The third-order valence-corrected chi connectivity index (χ3v) is 2.84. The van der Waals surface area contributed by atoms with Crippen molar-refractivity contribution in [2.24, 2.45) is 10.7 Å². The molecule has 6 nitrogen and oxygen atoms in total. The number of ether oxygens (including phenoxy) is 1. The van der Waals surface area contributed by atoms with Crippen LogP contribution in [0.2, 0.25) is 0 Å². The van der Waals surface area contributed by atoms with Crippen molar-refractivity contribution in [1.29, 1.82) is 0 Å². The largest absolute Gasteiger partial charge is 0.495 e. The van der Waals surface area contributed by atoms with Gasteiger partial charge in [-0.2, -0.15) is 0 Å². The van der Waals surface area contributed by atoms with E-state index < -0.39 is 0 Å². The first-order valence-corrected chi connectivity index (χ1v) is 7.05. The zero-order chi connectivity index (χ0) is 15.7. The highest BCUT2D eigenvalue weighted by atomic mass is 127. The molecule has 0 saturated carbocycles. The Hall–Kier alpha value is -1.51. The highest BCUT2D eigenvalue weighted by Crippen LogP contribution is 2.25. The second-order valence-corrected chi connectivity index (χ2v) is 4.70. The molecule has 0 spiro atoms. The Morgan fingerprint density at radius 3 is 2.73 bits per heavy atom. The SMILES string of the molecule is CCCCNC(N)=NCc1ccc(OC)c(NC(C)=O)c1.I. The summed E-state index contributed by atoms with van der Waals surface area (Å²) in [6, 6.07) is 5.53. The Labute approximate surface area is 148 Å². The predicted octanol–water partition coefficient (Wildman–Crippen LogP) is 2.48. The van der Waals surface area contributed by atoms with Gasteiger partial charge in [-0.05, 0) is 24.1 Å². The lowest BCUT2D eigenvalue weighted by molar-refractivity contribution is -0.114. The summed E-state index contributed by atoms with van der Waals surface area (Å²) in [5, 5.41) is 5.79. The van der Waals surface area contributed by atoms with Crippen LogP contribution >= 0.6 is 24.0 Å². The van der Waals surface area contributed by atoms with E-state index in [0.717, 1.165) is 24.9 Å². The number of anilines is 1. The smallest absolute Gasteiger partial charge is 0.221 e. The molecule has 1 rings (SSSR count). The van der Waals surface area contributed by atoms with E-state index in [0.29, 0.717) is 23.9 Å². The summed E-state index contributed by atoms with van der Waals surface area (Å²) in [6.45, 7) is 4.85. The van der Waals surface area contributed by atoms with E-state index in [1.54, 1.807) is 13.2 Å². The molecule has 0 radical (unpaired) electrons. The summed E-state index contributed by atoms with van der Waals surface area (Å²) in [6.07, 6.45) is 2.17. The summed E-state index contributed by atoms with van der Waals surface area (Å²) in [4.78, 5) is 15.5. The van der Waals surface area contributed by atoms with Gasteiger partial charge in [-0.25, -0.2) is 4.99 Å². The average Bonchev–Trinajstić information content (AvgIpc) is 2.45. The number of nitrogens with two attached hydrogens (primary N) is 1. The van der Waals surface area contributed by atoms with Crippen LogP contribution in [0, 0.1) is 0 Å². The number of unbranched alkanes of at least 4 members (excludes halogenated alkanes) is 1. The fraction of sp³-hybridized carbons (Fsp3) is 0.467. The molecule has 0 saturated heterocycles. The van der Waals surface area contributed by atoms with Gasteiger partial charge < -0.3 is 21.1 Å². The van der Waals surface area contributed by atoms with Crippen molar-refractivity contribution >= 4 is 41.5 Å². The minimum atomic E-state index is -0.144. The van der Waals surface area contributed by atoms with Gasteiger partial charge in [0.2, 0.25) is 5.91 Å². The fourth-order valence-electron chi connectivity index (χ4n) is 1.77. The van der Waals surface area contributed by atoms with Gasteiger partial charge in [0.25, 0.3) is 0 Å². The molecular weight excluding hydrogens is 395 g/mol. The van der Waals surface area contributed by atoms with Gasteiger partial charge in [-0.1, -0.05) is 19.4 Å². The molecule has 1 aromatic rings. The van der Waals surface area contributed by atoms with Crippen LogP contribution in [0.4, 0.5) is 5.69 Å². The maximum Gasteiger partial charge on any atom is 0.221 e. The molecule has 0 aliphatic rings. The van der Waals surface area contributed by atoms with Crippen molar-refractivity contribution < 1.29 is 9.53 Å². The number of rotatable bonds is 7. The Kier molecular flexibility index (Phi) is 10.3. The van der Waals surface area contributed by atoms with E-state index in [2.05, 4.69) is 22.5 Å². The molecule has 0 aromatic heterocycles. The molecule has 0 fully saturated rings. The van der Waals surface area contributed by atoms with Crippen molar-refractivity contribution in [3.8, 4) is 5.75 Å². The van der Waals surface area contributed by atoms with E-state index in [1.165, 1.54) is 6.92 Å². The van der Waals surface area contributed by atoms with Crippen LogP contribution in [-0.4, -0.2) is 25.5 Å². The highest BCUT2D eigenvalue weighted by molar-refractivity contribution is 14.0. The average molecular weight is 420 g/mol. The second kappa shape index (κ2) is 11.1. The summed E-state index contributed by atoms with van der Waals surface area (Å²) in [5.41, 5.74) is 7.36. The van der Waals surface area contributed by atoms with Crippen molar-refractivity contribution in [3.05, 3.63) is 23.8 Å². The van der Waals surface area contributed by atoms with Crippen molar-refractivity contribution in [2.75, 3.05) is 19.0 Å². The maximum atomic E-state index is 11.2. The molecular formula is C15H25IN4O2. The van der Waals surface area contributed by atoms with Crippen LogP contribution < -0.4 is 21.1 Å². The van der Waals surface area contributed by atoms with Gasteiger partial charge in [-0.15, -0.1) is 24.0 Å². The molecule has 0 aliphatic heterocycles. The molecule has 4 N–H and O–H groups in total. The number of aliphatic imine (C=N–C) groups is 1. The number of carbonyl (C=O) groups is 1. The quantitative estimate of drug-likeness (QED) is 0.274. The highest BCUT2D eigenvalue weighted by Gasteiger charge is 2.05. The molecule has 124 valence electrons. The number of hydrogen-bond donors (Lipinski definition) is 3. The van der Waals surface area contributed by atoms with Crippen molar-refractivity contribution in [2.45, 2.75) is 33.2 Å². The number of nitrogens with one attached hydrogen (secondary N) is 2. The summed E-state index contributed by atoms with van der Waals surface area (Å²) < 4.78 is 5.20. The van der Waals surface area contributed by atoms with Crippen LogP contribution in [0.1, 0.15) is 32.3 Å². The summed E-state index contributed by atoms with van der Waals surface area (Å²) in [5.74, 6) is 0.905. The normalized spacial score (nSPS) is 10.6. The molecule has 0 bridgehead atoms. The van der Waals surface area contributed by atoms with Gasteiger partial charge in [-0.3, -0.25) is 4.79 Å². The Morgan fingerprint density at radius 1 is 1.41 bits per heavy atom. The molecule has 22 heavy (non-hydrogen) atoms. The molecule has 1 aromatic carbocycles. The van der Waals surface area contributed by atoms with Crippen LogP contribution in [0.5, 0.6) is 5.75 Å². The van der Waals surface area contributed by atoms with E-state index in [9.17, 15) is 4.79 Å². The van der Waals surface area contributed by atoms with Crippen LogP contribution in [0.15, 0.2) is 23.2 Å². The molecule has 0 unspecified atom stereocenters. The van der Waals surface area contributed by atoms with Crippen LogP contribution in [-0.2, 0) is 11.3 Å². The summed E-state index contributed by atoms with van der Waals surface area (Å²) in [7, 11) is 1.56. The number of nitrogens with zero attached hydrogens (tertiary/aromatic N) is 1. The molecule has 7 heteroatoms. The number of amides is 1. The fourth-order valence-corrected chi connectivity index (χ4v) is 1.77. The minimum Gasteiger partial charge on any atom is -0.495 e. The van der Waals surface area contributed by atoms with E-state index in [-0.39, 0.29) is 29.9 Å². The maximum absolute atomic E-state index is 11.2. The van der Waals surface area contributed by atoms with Gasteiger partial charge in [0.1, 0.15) is 5.75 Å². The van der Waals surface area contributed by atoms with E-state index >= 15 is 0 Å². The molecule has 0 aliphatic carbocycles. The van der Waals surface area contributed by atoms with Gasteiger partial charge in [0.15, 0.2) is 5.96 Å². The standard InChI is InChI=1S/C15H24N4O2.HI/c1-4-5-8-17-15(16)18-10-12-6-7-14(21-3)13(9-12)19-11(2)20;/h6-7,9H,4-5,8,10H2,1-3H3,(H,19,20)(H3,16,17,18);1H. The number of benzene rings is 1. The number of carbonyl (C=O) groups excluding carboxylic acids is 1. The monoisotopic (exact) mass is 420 g/mol. The van der Waals surface area contributed by atoms with Crippen LogP contribution in [0.3, 0.4) is 0 Å². The number of methoxy groups -OCH3 is 1. The second-order valence-electron chi connectivity index (χ2n) is 4.70. The third-order valence-electron chi connectivity index (χ3n) is 2.84. The topological polar surface area (TPSA) is 88.7 Å². The lowest BCUT2D eigenvalue weighted by Gasteiger charge is -2.10. The number of guanidine groups is 1. The Balaban J connectivity index is 0.00000441. The minimum absolute atomic E-state index is 0. The van der Waals surface area contributed by atoms with E-state index in [4.69, 9.17) is 10.5 Å². The number of halogens is 1. The lowest BCUT2D eigenvalue weighted by atomic mass is 10.2. The van der Waals surface area contributed by atoms with Gasteiger partial charge in [0, 0.05) is 13.5 Å². The first kappa shape index (κ1) is 20.5. The lowest BCUT2D eigenvalue weighted by Crippen LogP contribution is -2.32. The Morgan fingerprint density at radius 2 is 2.14 bits per heavy atom. The zero-order valence-corrected chi connectivity index (χ0v) is 15.6. The zero-order valence-electron chi connectivity index (χ0n) is 13.3. The Bertz CT molecular complexity index is 506. The first-order chi connectivity index (χ1) is 10.1.